The zero-order valence-electron chi connectivity index (χ0n) is 10.4. The molecule has 0 saturated carbocycles. The molecule has 19 heavy (non-hydrogen) atoms. The van der Waals surface area contributed by atoms with Gasteiger partial charge in [0.05, 0.1) is 11.0 Å². The van der Waals surface area contributed by atoms with Crippen molar-refractivity contribution in [2.24, 2.45) is 0 Å². The Labute approximate surface area is 120 Å². The maximum atomic E-state index is 4.75. The molecule has 0 fully saturated rings. The van der Waals surface area contributed by atoms with Crippen LogP contribution in [0.1, 0.15) is 5.69 Å². The van der Waals surface area contributed by atoms with Crippen LogP contribution >= 0.6 is 15.9 Å². The molecule has 0 saturated heterocycles. The third-order valence-corrected chi connectivity index (χ3v) is 3.48. The summed E-state index contributed by atoms with van der Waals surface area (Å²) in [6.07, 6.45) is 2.72. The van der Waals surface area contributed by atoms with E-state index in [2.05, 4.69) is 51.2 Å². The van der Waals surface area contributed by atoms with Gasteiger partial charge in [0.1, 0.15) is 0 Å². The molecule has 3 heteroatoms. The van der Waals surface area contributed by atoms with Crippen molar-refractivity contribution in [1.29, 1.82) is 0 Å². The van der Waals surface area contributed by atoms with E-state index in [-0.39, 0.29) is 0 Å². The number of aromatic nitrogens is 2. The topological polar surface area (TPSA) is 25.8 Å². The predicted octanol–water partition coefficient (Wildman–Crippen LogP) is 4.23. The van der Waals surface area contributed by atoms with Crippen molar-refractivity contribution in [2.75, 3.05) is 5.33 Å². The van der Waals surface area contributed by atoms with Crippen LogP contribution in [0, 0.1) is 0 Å². The van der Waals surface area contributed by atoms with Crippen LogP contribution < -0.4 is 0 Å². The average molecular weight is 313 g/mol. The molecule has 0 N–H and O–H groups in total. The van der Waals surface area contributed by atoms with Crippen molar-refractivity contribution in [1.82, 2.24) is 9.97 Å². The molecule has 94 valence electrons. The van der Waals surface area contributed by atoms with Gasteiger partial charge in [0, 0.05) is 22.8 Å². The molecule has 0 spiro atoms. The normalized spacial score (nSPS) is 10.8. The second kappa shape index (κ2) is 5.49. The number of rotatable bonds is 3. The number of pyridine rings is 2. The molecule has 0 radical (unpaired) electrons. The van der Waals surface area contributed by atoms with E-state index in [4.69, 9.17) is 4.98 Å². The minimum absolute atomic E-state index is 0.908. The molecular weight excluding hydrogens is 300 g/mol. The van der Waals surface area contributed by atoms with Gasteiger partial charge in [0.25, 0.3) is 0 Å². The highest BCUT2D eigenvalue weighted by Crippen LogP contribution is 2.26. The molecule has 0 atom stereocenters. The lowest BCUT2D eigenvalue weighted by atomic mass is 10.0. The Morgan fingerprint density at radius 1 is 0.947 bits per heavy atom. The van der Waals surface area contributed by atoms with Crippen LogP contribution in [-0.4, -0.2) is 15.3 Å². The highest BCUT2D eigenvalue weighted by Gasteiger charge is 2.08. The average Bonchev–Trinajstić information content (AvgIpc) is 2.48. The number of nitrogens with zero attached hydrogens (tertiary/aromatic N) is 2. The van der Waals surface area contributed by atoms with Crippen molar-refractivity contribution in [2.45, 2.75) is 6.42 Å². The van der Waals surface area contributed by atoms with Gasteiger partial charge >= 0.3 is 0 Å². The second-order valence-electron chi connectivity index (χ2n) is 4.33. The van der Waals surface area contributed by atoms with Crippen molar-refractivity contribution >= 4 is 27.0 Å². The molecule has 0 aliphatic rings. The first-order chi connectivity index (χ1) is 9.38. The predicted molar refractivity (Wildman–Crippen MR) is 82.5 cm³/mol. The minimum Gasteiger partial charge on any atom is -0.255 e. The summed E-state index contributed by atoms with van der Waals surface area (Å²) in [5, 5.41) is 0.908. The maximum absolute atomic E-state index is 4.75. The van der Waals surface area contributed by atoms with Crippen LogP contribution in [0.3, 0.4) is 0 Å². The van der Waals surface area contributed by atoms with Crippen LogP contribution in [0.2, 0.25) is 0 Å². The van der Waals surface area contributed by atoms with Gasteiger partial charge in [-0.1, -0.05) is 46.3 Å². The largest absolute Gasteiger partial charge is 0.255 e. The highest BCUT2D eigenvalue weighted by molar-refractivity contribution is 9.09. The van der Waals surface area contributed by atoms with Gasteiger partial charge in [-0.3, -0.25) is 9.97 Å². The van der Waals surface area contributed by atoms with Crippen LogP contribution in [0.25, 0.3) is 22.2 Å². The van der Waals surface area contributed by atoms with E-state index in [1.807, 2.05) is 24.4 Å². The molecular formula is C16H13BrN2. The zero-order valence-corrected chi connectivity index (χ0v) is 12.0. The number of fused-ring (bicyclic) bond motifs is 1. The lowest BCUT2D eigenvalue weighted by Crippen LogP contribution is -1.97. The van der Waals surface area contributed by atoms with E-state index < -0.39 is 0 Å². The van der Waals surface area contributed by atoms with Crippen LogP contribution in [-0.2, 0) is 6.42 Å². The van der Waals surface area contributed by atoms with E-state index >= 15 is 0 Å². The molecule has 0 unspecified atom stereocenters. The Morgan fingerprint density at radius 2 is 1.79 bits per heavy atom. The van der Waals surface area contributed by atoms with E-state index in [0.717, 1.165) is 28.5 Å². The molecule has 0 aliphatic carbocycles. The quantitative estimate of drug-likeness (QED) is 0.676. The van der Waals surface area contributed by atoms with Crippen LogP contribution in [0.4, 0.5) is 0 Å². The van der Waals surface area contributed by atoms with Gasteiger partial charge in [-0.2, -0.15) is 0 Å². The van der Waals surface area contributed by atoms with E-state index in [1.54, 1.807) is 0 Å². The Balaban J connectivity index is 2.23. The summed E-state index contributed by atoms with van der Waals surface area (Å²) in [7, 11) is 0. The third-order valence-electron chi connectivity index (χ3n) is 3.08. The van der Waals surface area contributed by atoms with Gasteiger partial charge < -0.3 is 0 Å². The minimum atomic E-state index is 0.908. The van der Waals surface area contributed by atoms with Crippen LogP contribution in [0.15, 0.2) is 54.7 Å². The smallest absolute Gasteiger partial charge is 0.0893 e. The summed E-state index contributed by atoms with van der Waals surface area (Å²) in [6, 6.07) is 16.4. The summed E-state index contributed by atoms with van der Waals surface area (Å²) >= 11 is 3.50. The number of halogens is 1. The monoisotopic (exact) mass is 312 g/mol. The lowest BCUT2D eigenvalue weighted by Gasteiger charge is -2.09. The zero-order chi connectivity index (χ0) is 13.1. The maximum Gasteiger partial charge on any atom is 0.0893 e. The van der Waals surface area contributed by atoms with E-state index in [1.165, 1.54) is 11.1 Å². The van der Waals surface area contributed by atoms with Gasteiger partial charge in [-0.25, -0.2) is 0 Å². The van der Waals surface area contributed by atoms with Crippen molar-refractivity contribution in [3.05, 3.63) is 60.4 Å². The van der Waals surface area contributed by atoms with Gasteiger partial charge in [-0.05, 0) is 30.2 Å². The molecule has 2 aromatic heterocycles. The fourth-order valence-corrected chi connectivity index (χ4v) is 2.56. The molecule has 0 aliphatic heterocycles. The lowest BCUT2D eigenvalue weighted by molar-refractivity contribution is 1.08. The molecule has 0 amide bonds. The molecule has 3 aromatic rings. The summed E-state index contributed by atoms with van der Waals surface area (Å²) in [6.45, 7) is 0. The summed E-state index contributed by atoms with van der Waals surface area (Å²) in [4.78, 5) is 9.14. The molecule has 0 bridgehead atoms. The Bertz CT molecular complexity index is 695. The first-order valence-electron chi connectivity index (χ1n) is 6.24. The SMILES string of the molecule is BrCCc1nc2cccnc2cc1-c1ccccc1. The summed E-state index contributed by atoms with van der Waals surface area (Å²) in [5.74, 6) is 0. The fourth-order valence-electron chi connectivity index (χ4n) is 2.19. The highest BCUT2D eigenvalue weighted by atomic mass is 79.9. The van der Waals surface area contributed by atoms with E-state index in [9.17, 15) is 0 Å². The number of benzene rings is 1. The Hall–Kier alpha value is -1.74. The fraction of sp³-hybridized carbons (Fsp3) is 0.125. The van der Waals surface area contributed by atoms with Gasteiger partial charge in [0.2, 0.25) is 0 Å². The number of alkyl halides is 1. The van der Waals surface area contributed by atoms with Crippen molar-refractivity contribution in [3.63, 3.8) is 0 Å². The second-order valence-corrected chi connectivity index (χ2v) is 5.12. The van der Waals surface area contributed by atoms with Gasteiger partial charge in [-0.15, -0.1) is 0 Å². The Kier molecular flexibility index (Phi) is 3.56. The summed E-state index contributed by atoms with van der Waals surface area (Å²) < 4.78 is 0. The summed E-state index contributed by atoms with van der Waals surface area (Å²) in [5.41, 5.74) is 5.38. The first-order valence-corrected chi connectivity index (χ1v) is 7.36. The molecule has 3 rings (SSSR count). The van der Waals surface area contributed by atoms with E-state index in [0.29, 0.717) is 0 Å². The molecule has 2 nitrogen and oxygen atoms in total. The number of aryl methyl sites for hydroxylation is 1. The van der Waals surface area contributed by atoms with Gasteiger partial charge in [0.15, 0.2) is 0 Å². The molecule has 2 heterocycles. The van der Waals surface area contributed by atoms with Crippen molar-refractivity contribution < 1.29 is 0 Å². The molecule has 1 aromatic carbocycles. The third kappa shape index (κ3) is 2.51. The van der Waals surface area contributed by atoms with Crippen LogP contribution in [0.5, 0.6) is 0 Å². The number of hydrogen-bond acceptors (Lipinski definition) is 2. The standard InChI is InChI=1S/C16H13BrN2/c17-9-8-14-13(12-5-2-1-3-6-12)11-16-15(19-14)7-4-10-18-16/h1-7,10-11H,8-9H2. The number of hydrogen-bond donors (Lipinski definition) is 0. The van der Waals surface area contributed by atoms with Crippen molar-refractivity contribution in [3.8, 4) is 11.1 Å². The first kappa shape index (κ1) is 12.3. The Morgan fingerprint density at radius 3 is 2.58 bits per heavy atom.